The van der Waals surface area contributed by atoms with Crippen LogP contribution < -0.4 is 0 Å². The maximum absolute atomic E-state index is 6.09. The normalized spacial score (nSPS) is 19.6. The zero-order chi connectivity index (χ0) is 16.7. The Morgan fingerprint density at radius 3 is 2.50 bits per heavy atom. The number of hydrogen-bond acceptors (Lipinski definition) is 0. The molecule has 1 aromatic heterocycles. The van der Waals surface area contributed by atoms with Gasteiger partial charge in [-0.15, -0.1) is 0 Å². The fourth-order valence-corrected chi connectivity index (χ4v) is 4.27. The maximum Gasteiger partial charge on any atom is 0.0483 e. The molecule has 1 nitrogen and oxygen atoms in total. The third kappa shape index (κ3) is 2.39. The number of allylic oxidation sites excluding steroid dienone is 2. The Bertz CT molecular complexity index is 902. The Hall–Kier alpha value is -1.99. The summed E-state index contributed by atoms with van der Waals surface area (Å²) in [5, 5.41) is 2.17. The zero-order valence-electron chi connectivity index (χ0n) is 14.2. The van der Waals surface area contributed by atoms with Crippen molar-refractivity contribution in [3.05, 3.63) is 82.5 Å². The van der Waals surface area contributed by atoms with E-state index in [0.717, 1.165) is 5.02 Å². The Labute approximate surface area is 148 Å². The first-order valence-electron chi connectivity index (χ1n) is 8.71. The number of benzene rings is 2. The van der Waals surface area contributed by atoms with Crippen molar-refractivity contribution >= 4 is 22.5 Å². The van der Waals surface area contributed by atoms with E-state index in [-0.39, 0.29) is 0 Å². The fourth-order valence-electron chi connectivity index (χ4n) is 4.14. The topological polar surface area (TPSA) is 4.93 Å². The molecule has 0 saturated heterocycles. The first kappa shape index (κ1) is 15.5. The van der Waals surface area contributed by atoms with Gasteiger partial charge in [0.15, 0.2) is 0 Å². The lowest BCUT2D eigenvalue weighted by Gasteiger charge is -2.26. The second-order valence-electron chi connectivity index (χ2n) is 6.68. The van der Waals surface area contributed by atoms with Crippen LogP contribution in [0.15, 0.2) is 60.7 Å². The largest absolute Gasteiger partial charge is 0.347 e. The molecular formula is C22H22ClN. The number of aromatic nitrogens is 1. The Morgan fingerprint density at radius 2 is 1.75 bits per heavy atom. The van der Waals surface area contributed by atoms with E-state index in [4.69, 9.17) is 11.6 Å². The van der Waals surface area contributed by atoms with Gasteiger partial charge in [-0.1, -0.05) is 67.4 Å². The van der Waals surface area contributed by atoms with Crippen LogP contribution in [0.25, 0.3) is 10.9 Å². The monoisotopic (exact) mass is 335 g/mol. The Kier molecular flexibility index (Phi) is 3.97. The number of para-hydroxylation sites is 1. The van der Waals surface area contributed by atoms with Crippen LogP contribution in [0.1, 0.15) is 48.4 Å². The molecule has 2 unspecified atom stereocenters. The molecule has 3 aromatic rings. The first-order valence-corrected chi connectivity index (χ1v) is 9.09. The molecule has 0 radical (unpaired) electrons. The summed E-state index contributed by atoms with van der Waals surface area (Å²) in [5.41, 5.74) is 5.58. The van der Waals surface area contributed by atoms with E-state index in [9.17, 15) is 0 Å². The highest BCUT2D eigenvalue weighted by atomic mass is 35.5. The van der Waals surface area contributed by atoms with E-state index in [1.165, 1.54) is 40.6 Å². The molecule has 0 saturated carbocycles. The average Bonchev–Trinajstić information content (AvgIpc) is 2.91. The Morgan fingerprint density at radius 1 is 1.00 bits per heavy atom. The number of nitrogens with zero attached hydrogens (tertiary/aromatic N) is 1. The third-order valence-electron chi connectivity index (χ3n) is 5.22. The van der Waals surface area contributed by atoms with Gasteiger partial charge in [0, 0.05) is 40.5 Å². The molecule has 2 aromatic carbocycles. The average molecular weight is 336 g/mol. The minimum absolute atomic E-state index is 0.302. The second kappa shape index (κ2) is 6.14. The lowest BCUT2D eigenvalue weighted by Crippen LogP contribution is -2.12. The van der Waals surface area contributed by atoms with E-state index in [0.29, 0.717) is 11.8 Å². The summed E-state index contributed by atoms with van der Waals surface area (Å²) < 4.78 is 2.40. The lowest BCUT2D eigenvalue weighted by atomic mass is 9.80. The molecule has 1 heterocycles. The number of halogens is 1. The van der Waals surface area contributed by atoms with E-state index >= 15 is 0 Å². The van der Waals surface area contributed by atoms with Crippen molar-refractivity contribution in [3.8, 4) is 0 Å². The van der Waals surface area contributed by atoms with Crippen molar-refractivity contribution in [1.29, 1.82) is 0 Å². The van der Waals surface area contributed by atoms with Crippen LogP contribution >= 0.6 is 11.6 Å². The molecule has 0 spiro atoms. The zero-order valence-corrected chi connectivity index (χ0v) is 14.9. The number of hydrogen-bond donors (Lipinski definition) is 0. The number of fused-ring (bicyclic) bond motifs is 3. The van der Waals surface area contributed by atoms with Crippen molar-refractivity contribution in [2.45, 2.75) is 31.6 Å². The lowest BCUT2D eigenvalue weighted by molar-refractivity contribution is 0.649. The summed E-state index contributed by atoms with van der Waals surface area (Å²) in [4.78, 5) is 0. The van der Waals surface area contributed by atoms with Crippen LogP contribution in [0.2, 0.25) is 5.02 Å². The van der Waals surface area contributed by atoms with Crippen LogP contribution in [0, 0.1) is 0 Å². The molecule has 122 valence electrons. The molecule has 2 heteroatoms. The number of rotatable bonds is 3. The molecule has 1 aliphatic carbocycles. The molecule has 1 aliphatic rings. The minimum atomic E-state index is 0.302. The molecule has 0 aliphatic heterocycles. The van der Waals surface area contributed by atoms with Crippen molar-refractivity contribution in [3.63, 3.8) is 0 Å². The second-order valence-corrected chi connectivity index (χ2v) is 7.12. The molecule has 0 bridgehead atoms. The van der Waals surface area contributed by atoms with Crippen LogP contribution in [-0.4, -0.2) is 4.57 Å². The summed E-state index contributed by atoms with van der Waals surface area (Å²) >= 11 is 6.09. The molecule has 2 atom stereocenters. The highest BCUT2D eigenvalue weighted by Gasteiger charge is 2.29. The van der Waals surface area contributed by atoms with E-state index in [1.54, 1.807) is 0 Å². The fraction of sp³-hybridized carbons (Fsp3) is 0.273. The van der Waals surface area contributed by atoms with Crippen LogP contribution in [0.5, 0.6) is 0 Å². The summed E-state index contributed by atoms with van der Waals surface area (Å²) in [6, 6.07) is 17.1. The molecule has 0 fully saturated rings. The molecular weight excluding hydrogens is 314 g/mol. The van der Waals surface area contributed by atoms with Crippen LogP contribution in [-0.2, 0) is 7.05 Å². The summed E-state index contributed by atoms with van der Waals surface area (Å²) in [7, 11) is 2.21. The Balaban J connectivity index is 1.96. The van der Waals surface area contributed by atoms with Gasteiger partial charge in [0.1, 0.15) is 0 Å². The van der Waals surface area contributed by atoms with Crippen LogP contribution in [0.4, 0.5) is 0 Å². The van der Waals surface area contributed by atoms with E-state index < -0.39 is 0 Å². The predicted molar refractivity (Wildman–Crippen MR) is 103 cm³/mol. The van der Waals surface area contributed by atoms with Gasteiger partial charge in [0.05, 0.1) is 0 Å². The summed E-state index contributed by atoms with van der Waals surface area (Å²) in [6.45, 7) is 2.27. The van der Waals surface area contributed by atoms with E-state index in [2.05, 4.69) is 67.1 Å². The van der Waals surface area contributed by atoms with Gasteiger partial charge in [-0.05, 0) is 35.7 Å². The summed E-state index contributed by atoms with van der Waals surface area (Å²) in [5.74, 6) is 0.808. The van der Waals surface area contributed by atoms with Crippen molar-refractivity contribution in [1.82, 2.24) is 4.57 Å². The predicted octanol–water partition coefficient (Wildman–Crippen LogP) is 6.42. The maximum atomic E-state index is 6.09. The smallest absolute Gasteiger partial charge is 0.0483 e. The standard InChI is InChI=1S/C22H22ClN/c1-3-6-16-11-14-18(15-9-12-17(23)13-10-15)21-19-7-4-5-8-20(19)24(2)22(16)21/h4-5,7-14,16,18H,3,6H2,1-2H3. The van der Waals surface area contributed by atoms with Gasteiger partial charge in [-0.3, -0.25) is 0 Å². The van der Waals surface area contributed by atoms with Crippen molar-refractivity contribution in [2.24, 2.45) is 7.05 Å². The molecule has 4 rings (SSSR count). The minimum Gasteiger partial charge on any atom is -0.347 e. The SMILES string of the molecule is CCCC1C=CC(c2ccc(Cl)cc2)c2c1n(C)c1ccccc21. The van der Waals surface area contributed by atoms with Crippen LogP contribution in [0.3, 0.4) is 0 Å². The van der Waals surface area contributed by atoms with Gasteiger partial charge >= 0.3 is 0 Å². The number of aryl methyl sites for hydroxylation is 1. The third-order valence-corrected chi connectivity index (χ3v) is 5.47. The summed E-state index contributed by atoms with van der Waals surface area (Å²) in [6.07, 6.45) is 7.19. The van der Waals surface area contributed by atoms with E-state index in [1.807, 2.05) is 12.1 Å². The highest BCUT2D eigenvalue weighted by molar-refractivity contribution is 6.30. The van der Waals surface area contributed by atoms with Crippen molar-refractivity contribution in [2.75, 3.05) is 0 Å². The first-order chi connectivity index (χ1) is 11.7. The quantitative estimate of drug-likeness (QED) is 0.487. The molecule has 0 N–H and O–H groups in total. The van der Waals surface area contributed by atoms with Crippen molar-refractivity contribution < 1.29 is 0 Å². The molecule has 24 heavy (non-hydrogen) atoms. The van der Waals surface area contributed by atoms with Gasteiger partial charge in [-0.2, -0.15) is 0 Å². The van der Waals surface area contributed by atoms with Gasteiger partial charge in [0.25, 0.3) is 0 Å². The van der Waals surface area contributed by atoms with Gasteiger partial charge in [-0.25, -0.2) is 0 Å². The molecule has 0 amide bonds. The van der Waals surface area contributed by atoms with Gasteiger partial charge in [0.2, 0.25) is 0 Å². The van der Waals surface area contributed by atoms with Gasteiger partial charge < -0.3 is 4.57 Å². The highest BCUT2D eigenvalue weighted by Crippen LogP contribution is 2.44.